The van der Waals surface area contributed by atoms with Gasteiger partial charge in [0, 0.05) is 31.0 Å². The molecule has 1 aliphatic heterocycles. The number of nitrogens with one attached hydrogen (secondary N) is 3. The quantitative estimate of drug-likeness (QED) is 0.180. The van der Waals surface area contributed by atoms with Crippen molar-refractivity contribution in [1.82, 2.24) is 14.6 Å². The number of halogens is 2. The van der Waals surface area contributed by atoms with Crippen LogP contribution in [0.25, 0.3) is 0 Å². The van der Waals surface area contributed by atoms with Gasteiger partial charge in [-0.3, -0.25) is 10.1 Å². The van der Waals surface area contributed by atoms with Crippen molar-refractivity contribution in [3.8, 4) is 6.07 Å². The minimum absolute atomic E-state index is 0.00267. The topological polar surface area (TPSA) is 119 Å². The molecule has 248 valence electrons. The minimum atomic E-state index is -0.920. The number of aromatic nitrogens is 1. The minimum Gasteiger partial charge on any atom is -0.380 e. The summed E-state index contributed by atoms with van der Waals surface area (Å²) in [4.78, 5) is 32.5. The monoisotopic (exact) mass is 678 g/mol. The highest BCUT2D eigenvalue weighted by Gasteiger charge is 2.41. The Labute approximate surface area is 284 Å². The number of rotatable bonds is 11. The Kier molecular flexibility index (Phi) is 10.8. The Hall–Kier alpha value is -3.69. The van der Waals surface area contributed by atoms with Crippen molar-refractivity contribution < 1.29 is 18.7 Å². The number of methoxy groups -OCH3 is 1. The summed E-state index contributed by atoms with van der Waals surface area (Å²) in [6.45, 7) is 6.50. The molecule has 3 amide bonds. The molecule has 1 aliphatic carbocycles. The average molecular weight is 679 g/mol. The molecule has 2 fully saturated rings. The highest BCUT2D eigenvalue weighted by Crippen LogP contribution is 2.44. The Bertz CT molecular complexity index is 1640. The van der Waals surface area contributed by atoms with Crippen molar-refractivity contribution in [3.63, 3.8) is 0 Å². The molecule has 9 nitrogen and oxygen atoms in total. The number of nitriles is 1. The number of likely N-dealkylation sites (tertiary alicyclic amines) is 1. The number of hydrogen-bond donors (Lipinski definition) is 3. The van der Waals surface area contributed by atoms with Gasteiger partial charge in [-0.15, -0.1) is 0 Å². The molecule has 2 heterocycles. The number of carbonyl (C=O) groups is 2. The van der Waals surface area contributed by atoms with Crippen LogP contribution in [0.1, 0.15) is 69.6 Å². The molecule has 2 aromatic carbocycles. The first kappa shape index (κ1) is 34.6. The molecule has 12 heteroatoms. The molecule has 3 atom stereocenters. The van der Waals surface area contributed by atoms with E-state index in [2.05, 4.69) is 47.2 Å². The van der Waals surface area contributed by atoms with Gasteiger partial charge < -0.3 is 15.0 Å². The molecule has 1 saturated carbocycles. The first-order valence-electron chi connectivity index (χ1n) is 15.7. The average Bonchev–Trinajstić information content (AvgIpc) is 3.78. The van der Waals surface area contributed by atoms with Crippen LogP contribution in [0.15, 0.2) is 60.8 Å². The lowest BCUT2D eigenvalue weighted by Crippen LogP contribution is -2.45. The maximum absolute atomic E-state index is 15.5. The third-order valence-corrected chi connectivity index (χ3v) is 9.77. The van der Waals surface area contributed by atoms with Gasteiger partial charge in [0.05, 0.1) is 34.0 Å². The van der Waals surface area contributed by atoms with E-state index in [1.807, 2.05) is 18.2 Å². The molecule has 2 aliphatic rings. The Morgan fingerprint density at radius 2 is 1.89 bits per heavy atom. The fourth-order valence-electron chi connectivity index (χ4n) is 5.72. The summed E-state index contributed by atoms with van der Waals surface area (Å²) in [6, 6.07) is 16.2. The summed E-state index contributed by atoms with van der Waals surface area (Å²) in [7, 11) is 1.52. The molecule has 5 rings (SSSR count). The Morgan fingerprint density at radius 3 is 2.55 bits per heavy atom. The Balaban J connectivity index is 1.47. The zero-order valence-corrected chi connectivity index (χ0v) is 28.6. The number of amides is 3. The van der Waals surface area contributed by atoms with Crippen molar-refractivity contribution in [1.29, 1.82) is 5.26 Å². The molecular weight excluding hydrogens is 639 g/mol. The normalized spacial score (nSPS) is 19.1. The van der Waals surface area contributed by atoms with Gasteiger partial charge in [-0.25, -0.2) is 18.9 Å². The predicted molar refractivity (Wildman–Crippen MR) is 184 cm³/mol. The standard InChI is InChI=1S/C35H40ClFN6O3S/c1-34(2,3)47-42-35(15-14-22-8-9-22,24-7-5-6-23(16-24)19-38)25-10-12-28(37)29(17-25)40-32(44)30-18-27(46-4)21-43(30)33(45)41-31-13-11-26(36)20-39-31/h5-7,10-13,16-17,20,22,27,30,42H,8-9,14-15,18,21H2,1-4H3,(H,40,44)(H,39,41,45)/t27-,30-,35?/m1/s1. The SMILES string of the molecule is CO[C@@H]1C[C@H](C(=O)Nc2cc(C(CCC3CC3)(NSC(C)(C)C)c3cccc(C#N)c3)ccc2F)N(C(=O)Nc2ccc(Cl)cn2)C1. The van der Waals surface area contributed by atoms with Gasteiger partial charge in [-0.05, 0) is 87.1 Å². The highest BCUT2D eigenvalue weighted by atomic mass is 35.5. The van der Waals surface area contributed by atoms with Crippen LogP contribution < -0.4 is 15.4 Å². The number of pyridine rings is 1. The third kappa shape index (κ3) is 8.62. The van der Waals surface area contributed by atoms with Gasteiger partial charge >= 0.3 is 6.03 Å². The lowest BCUT2D eigenvalue weighted by molar-refractivity contribution is -0.119. The van der Waals surface area contributed by atoms with E-state index < -0.39 is 29.3 Å². The largest absolute Gasteiger partial charge is 0.380 e. The third-order valence-electron chi connectivity index (χ3n) is 8.48. The van der Waals surface area contributed by atoms with Crippen LogP contribution in [0, 0.1) is 23.1 Å². The first-order chi connectivity index (χ1) is 22.4. The summed E-state index contributed by atoms with van der Waals surface area (Å²) in [5.41, 5.74) is 1.38. The zero-order valence-electron chi connectivity index (χ0n) is 27.0. The fourth-order valence-corrected chi connectivity index (χ4v) is 6.65. The summed E-state index contributed by atoms with van der Waals surface area (Å²) < 4.78 is 24.6. The van der Waals surface area contributed by atoms with Gasteiger partial charge in [0.2, 0.25) is 5.91 Å². The lowest BCUT2D eigenvalue weighted by atomic mass is 9.79. The van der Waals surface area contributed by atoms with E-state index in [-0.39, 0.29) is 35.3 Å². The van der Waals surface area contributed by atoms with Crippen LogP contribution in [0.4, 0.5) is 20.7 Å². The molecule has 3 aromatic rings. The van der Waals surface area contributed by atoms with Gasteiger partial charge in [0.15, 0.2) is 0 Å². The van der Waals surface area contributed by atoms with Gasteiger partial charge in [0.25, 0.3) is 0 Å². The number of benzene rings is 2. The Morgan fingerprint density at radius 1 is 1.13 bits per heavy atom. The number of urea groups is 1. The van der Waals surface area contributed by atoms with Crippen LogP contribution in [0.3, 0.4) is 0 Å². The van der Waals surface area contributed by atoms with Crippen LogP contribution in [-0.4, -0.2) is 52.4 Å². The van der Waals surface area contributed by atoms with Gasteiger partial charge in [0.1, 0.15) is 17.7 Å². The fraction of sp³-hybridized carbons (Fsp3) is 0.429. The highest BCUT2D eigenvalue weighted by molar-refractivity contribution is 7.98. The second-order valence-corrected chi connectivity index (χ2v) is 15.2. The maximum atomic E-state index is 15.5. The van der Waals surface area contributed by atoms with Crippen LogP contribution in [0.5, 0.6) is 0 Å². The first-order valence-corrected chi connectivity index (χ1v) is 16.9. The van der Waals surface area contributed by atoms with E-state index in [0.717, 1.165) is 17.5 Å². The van der Waals surface area contributed by atoms with Crippen LogP contribution >= 0.6 is 23.5 Å². The summed E-state index contributed by atoms with van der Waals surface area (Å²) >= 11 is 7.50. The second-order valence-electron chi connectivity index (χ2n) is 13.1. The van der Waals surface area contributed by atoms with E-state index >= 15 is 4.39 Å². The van der Waals surface area contributed by atoms with E-state index in [0.29, 0.717) is 22.9 Å². The van der Waals surface area contributed by atoms with E-state index in [1.54, 1.807) is 42.3 Å². The van der Waals surface area contributed by atoms with Crippen LogP contribution in [0.2, 0.25) is 5.02 Å². The van der Waals surface area contributed by atoms with Gasteiger partial charge in [-0.2, -0.15) is 5.26 Å². The lowest BCUT2D eigenvalue weighted by Gasteiger charge is -2.38. The number of hydrogen-bond acceptors (Lipinski definition) is 7. The number of anilines is 2. The molecule has 0 radical (unpaired) electrons. The predicted octanol–water partition coefficient (Wildman–Crippen LogP) is 7.48. The summed E-state index contributed by atoms with van der Waals surface area (Å²) in [6.07, 6.45) is 5.27. The molecule has 3 N–H and O–H groups in total. The number of nitrogens with zero attached hydrogens (tertiary/aromatic N) is 3. The van der Waals surface area contributed by atoms with Crippen molar-refractivity contribution >= 4 is 47.0 Å². The van der Waals surface area contributed by atoms with E-state index in [1.165, 1.54) is 37.1 Å². The number of carbonyl (C=O) groups excluding carboxylic acids is 2. The maximum Gasteiger partial charge on any atom is 0.323 e. The van der Waals surface area contributed by atoms with Crippen molar-refractivity contribution in [2.75, 3.05) is 24.3 Å². The second kappa shape index (κ2) is 14.6. The molecule has 1 saturated heterocycles. The molecule has 47 heavy (non-hydrogen) atoms. The molecular formula is C35H40ClFN6O3S. The summed E-state index contributed by atoms with van der Waals surface area (Å²) in [5, 5.41) is 15.6. The van der Waals surface area contributed by atoms with E-state index in [4.69, 9.17) is 16.3 Å². The zero-order chi connectivity index (χ0) is 33.8. The molecule has 1 aromatic heterocycles. The molecule has 0 spiro atoms. The van der Waals surface area contributed by atoms with E-state index in [9.17, 15) is 14.9 Å². The molecule has 0 bridgehead atoms. The van der Waals surface area contributed by atoms with Crippen molar-refractivity contribution in [2.45, 2.75) is 75.3 Å². The van der Waals surface area contributed by atoms with Crippen molar-refractivity contribution in [2.24, 2.45) is 5.92 Å². The number of ether oxygens (including phenoxy) is 1. The summed E-state index contributed by atoms with van der Waals surface area (Å²) in [5.74, 6) is -0.241. The van der Waals surface area contributed by atoms with Crippen molar-refractivity contribution in [3.05, 3.63) is 88.3 Å². The smallest absolute Gasteiger partial charge is 0.323 e. The molecule has 1 unspecified atom stereocenters. The van der Waals surface area contributed by atoms with Crippen LogP contribution in [-0.2, 0) is 15.1 Å². The van der Waals surface area contributed by atoms with Gasteiger partial charge in [-0.1, -0.05) is 54.6 Å².